The van der Waals surface area contributed by atoms with Crippen LogP contribution >= 0.6 is 23.2 Å². The van der Waals surface area contributed by atoms with Gasteiger partial charge in [-0.1, -0.05) is 41.4 Å². The standard InChI is InChI=1S/C28H31Cl2N5O4/c1-3-35-22-16-34(27(37)25(22)26(31-28(35)38)19-10-9-18(29)15-20(19)30)17-24(36)33-13-11-32(12-14-33)21-7-5-6-8-23(21)39-4-2/h5-10,15,26H,3-4,11-14,16-17H2,1-2H3,(H,31,38)/t26-/m1/s1. The Balaban J connectivity index is 1.28. The van der Waals surface area contributed by atoms with Crippen LogP contribution in [0.25, 0.3) is 0 Å². The predicted molar refractivity (Wildman–Crippen MR) is 150 cm³/mol. The summed E-state index contributed by atoms with van der Waals surface area (Å²) in [6.45, 7) is 7.31. The van der Waals surface area contributed by atoms with E-state index in [1.165, 1.54) is 4.90 Å². The first kappa shape index (κ1) is 27.1. The number of ether oxygens (including phenoxy) is 1. The smallest absolute Gasteiger partial charge is 0.322 e. The number of hydrogen-bond donors (Lipinski definition) is 1. The Labute approximate surface area is 237 Å². The molecule has 2 aromatic rings. The summed E-state index contributed by atoms with van der Waals surface area (Å²) < 4.78 is 5.77. The number of carbonyl (C=O) groups is 3. The van der Waals surface area contributed by atoms with E-state index in [9.17, 15) is 14.4 Å². The maximum atomic E-state index is 13.7. The maximum absolute atomic E-state index is 13.7. The SMILES string of the molecule is CCOc1ccccc1N1CCN(C(=O)CN2CC3=C(C2=O)[C@@H](c2ccc(Cl)cc2Cl)NC(=O)N3CC)CC1. The zero-order valence-electron chi connectivity index (χ0n) is 22.0. The summed E-state index contributed by atoms with van der Waals surface area (Å²) >= 11 is 12.5. The van der Waals surface area contributed by atoms with Crippen molar-refractivity contribution in [2.45, 2.75) is 19.9 Å². The molecule has 0 saturated carbocycles. The third-order valence-corrected chi connectivity index (χ3v) is 7.91. The van der Waals surface area contributed by atoms with Crippen molar-refractivity contribution in [2.75, 3.05) is 57.3 Å². The van der Waals surface area contributed by atoms with Crippen molar-refractivity contribution in [1.82, 2.24) is 20.0 Å². The Morgan fingerprint density at radius 3 is 2.49 bits per heavy atom. The number of halogens is 2. The summed E-state index contributed by atoms with van der Waals surface area (Å²) in [5.41, 5.74) is 2.64. The van der Waals surface area contributed by atoms with E-state index in [-0.39, 0.29) is 30.9 Å². The summed E-state index contributed by atoms with van der Waals surface area (Å²) in [7, 11) is 0. The molecule has 206 valence electrons. The van der Waals surface area contributed by atoms with Crippen LogP contribution < -0.4 is 15.0 Å². The van der Waals surface area contributed by atoms with E-state index in [0.717, 1.165) is 11.4 Å². The minimum absolute atomic E-state index is 0.0613. The molecule has 0 spiro atoms. The number of nitrogens with zero attached hydrogens (tertiary/aromatic N) is 4. The molecule has 0 bridgehead atoms. The molecule has 0 aromatic heterocycles. The van der Waals surface area contributed by atoms with Gasteiger partial charge in [0, 0.05) is 42.8 Å². The van der Waals surface area contributed by atoms with Gasteiger partial charge in [0.15, 0.2) is 0 Å². The number of para-hydroxylation sites is 2. The highest BCUT2D eigenvalue weighted by Gasteiger charge is 2.44. The molecule has 0 aliphatic carbocycles. The number of hydrogen-bond acceptors (Lipinski definition) is 5. The van der Waals surface area contributed by atoms with Crippen LogP contribution in [0.1, 0.15) is 25.5 Å². The zero-order chi connectivity index (χ0) is 27.7. The van der Waals surface area contributed by atoms with Crippen molar-refractivity contribution in [3.05, 3.63) is 69.3 Å². The number of amides is 4. The molecule has 1 saturated heterocycles. The molecule has 1 N–H and O–H groups in total. The summed E-state index contributed by atoms with van der Waals surface area (Å²) in [6, 6.07) is 11.9. The van der Waals surface area contributed by atoms with Crippen molar-refractivity contribution >= 4 is 46.7 Å². The molecule has 1 fully saturated rings. The van der Waals surface area contributed by atoms with Crippen LogP contribution in [-0.2, 0) is 9.59 Å². The van der Waals surface area contributed by atoms with Crippen molar-refractivity contribution in [2.24, 2.45) is 0 Å². The van der Waals surface area contributed by atoms with Gasteiger partial charge in [-0.25, -0.2) is 4.79 Å². The Morgan fingerprint density at radius 2 is 1.79 bits per heavy atom. The van der Waals surface area contributed by atoms with Gasteiger partial charge in [0.25, 0.3) is 5.91 Å². The topological polar surface area (TPSA) is 85.4 Å². The van der Waals surface area contributed by atoms with Gasteiger partial charge < -0.3 is 24.8 Å². The fraction of sp³-hybridized carbons (Fsp3) is 0.393. The number of carbonyl (C=O) groups excluding carboxylic acids is 3. The molecular formula is C28H31Cl2N5O4. The van der Waals surface area contributed by atoms with Gasteiger partial charge in [0.2, 0.25) is 5.91 Å². The monoisotopic (exact) mass is 571 g/mol. The molecular weight excluding hydrogens is 541 g/mol. The highest BCUT2D eigenvalue weighted by Crippen LogP contribution is 2.39. The van der Waals surface area contributed by atoms with E-state index in [0.29, 0.717) is 66.2 Å². The van der Waals surface area contributed by atoms with Gasteiger partial charge in [-0.15, -0.1) is 0 Å². The molecule has 1 atom stereocenters. The number of benzene rings is 2. The van der Waals surface area contributed by atoms with Crippen LogP contribution in [0.2, 0.25) is 10.0 Å². The number of urea groups is 1. The van der Waals surface area contributed by atoms with E-state index in [1.54, 1.807) is 28.0 Å². The molecule has 2 aromatic carbocycles. The number of nitrogens with one attached hydrogen (secondary N) is 1. The Kier molecular flexibility index (Phi) is 7.91. The second kappa shape index (κ2) is 11.4. The lowest BCUT2D eigenvalue weighted by Gasteiger charge is -2.37. The Hall–Kier alpha value is -3.43. The average molecular weight is 572 g/mol. The van der Waals surface area contributed by atoms with Gasteiger partial charge in [0.1, 0.15) is 12.3 Å². The van der Waals surface area contributed by atoms with E-state index >= 15 is 0 Å². The minimum atomic E-state index is -0.721. The molecule has 9 nitrogen and oxygen atoms in total. The molecule has 3 aliphatic rings. The van der Waals surface area contributed by atoms with Gasteiger partial charge >= 0.3 is 6.03 Å². The van der Waals surface area contributed by atoms with Crippen LogP contribution in [0, 0.1) is 0 Å². The molecule has 0 radical (unpaired) electrons. The molecule has 39 heavy (non-hydrogen) atoms. The lowest BCUT2D eigenvalue weighted by Crippen LogP contribution is -2.51. The van der Waals surface area contributed by atoms with Crippen LogP contribution in [0.5, 0.6) is 5.75 Å². The highest BCUT2D eigenvalue weighted by molar-refractivity contribution is 6.35. The van der Waals surface area contributed by atoms with Crippen LogP contribution in [0.4, 0.5) is 10.5 Å². The van der Waals surface area contributed by atoms with E-state index in [4.69, 9.17) is 27.9 Å². The van der Waals surface area contributed by atoms with Gasteiger partial charge in [0.05, 0.1) is 36.2 Å². The minimum Gasteiger partial charge on any atom is -0.492 e. The second-order valence-electron chi connectivity index (χ2n) is 9.58. The quantitative estimate of drug-likeness (QED) is 0.544. The third-order valence-electron chi connectivity index (χ3n) is 7.35. The first-order valence-electron chi connectivity index (χ1n) is 13.1. The first-order valence-corrected chi connectivity index (χ1v) is 13.9. The molecule has 3 heterocycles. The largest absolute Gasteiger partial charge is 0.492 e. The first-order chi connectivity index (χ1) is 18.8. The van der Waals surface area contributed by atoms with Crippen LogP contribution in [-0.4, -0.2) is 85.0 Å². The molecule has 5 rings (SSSR count). The summed E-state index contributed by atoms with van der Waals surface area (Å²) in [5, 5.41) is 3.73. The van der Waals surface area contributed by atoms with Crippen molar-refractivity contribution in [3.63, 3.8) is 0 Å². The highest BCUT2D eigenvalue weighted by atomic mass is 35.5. The number of anilines is 1. The van der Waals surface area contributed by atoms with Crippen molar-refractivity contribution in [1.29, 1.82) is 0 Å². The number of rotatable bonds is 7. The van der Waals surface area contributed by atoms with E-state index in [1.807, 2.05) is 38.1 Å². The second-order valence-corrected chi connectivity index (χ2v) is 10.4. The van der Waals surface area contributed by atoms with Crippen molar-refractivity contribution in [3.8, 4) is 5.75 Å². The van der Waals surface area contributed by atoms with Crippen molar-refractivity contribution < 1.29 is 19.1 Å². The zero-order valence-corrected chi connectivity index (χ0v) is 23.5. The van der Waals surface area contributed by atoms with Crippen LogP contribution in [0.3, 0.4) is 0 Å². The lowest BCUT2D eigenvalue weighted by atomic mass is 9.95. The Bertz CT molecular complexity index is 1320. The van der Waals surface area contributed by atoms with Gasteiger partial charge in [-0.05, 0) is 43.7 Å². The lowest BCUT2D eigenvalue weighted by molar-refractivity contribution is -0.137. The molecule has 0 unspecified atom stereocenters. The van der Waals surface area contributed by atoms with Gasteiger partial charge in [-0.3, -0.25) is 14.5 Å². The van der Waals surface area contributed by atoms with E-state index in [2.05, 4.69) is 10.2 Å². The molecule has 4 amide bonds. The predicted octanol–water partition coefficient (Wildman–Crippen LogP) is 3.92. The summed E-state index contributed by atoms with van der Waals surface area (Å²) in [4.78, 5) is 47.0. The Morgan fingerprint density at radius 1 is 1.05 bits per heavy atom. The summed E-state index contributed by atoms with van der Waals surface area (Å²) in [5.74, 6) is 0.430. The van der Waals surface area contributed by atoms with Gasteiger partial charge in [-0.2, -0.15) is 0 Å². The number of piperazine rings is 1. The molecule has 3 aliphatic heterocycles. The summed E-state index contributed by atoms with van der Waals surface area (Å²) in [6.07, 6.45) is 0. The normalized spacial score (nSPS) is 19.4. The average Bonchev–Trinajstić information content (AvgIpc) is 3.24. The fourth-order valence-electron chi connectivity index (χ4n) is 5.44. The molecule has 11 heteroatoms. The van der Waals surface area contributed by atoms with Crippen LogP contribution in [0.15, 0.2) is 53.7 Å². The fourth-order valence-corrected chi connectivity index (χ4v) is 5.95. The third kappa shape index (κ3) is 5.25. The number of likely N-dealkylation sites (N-methyl/N-ethyl adjacent to an activating group) is 1. The van der Waals surface area contributed by atoms with E-state index < -0.39 is 6.04 Å². The maximum Gasteiger partial charge on any atom is 0.322 e.